The lowest BCUT2D eigenvalue weighted by atomic mass is 10.1. The van der Waals surface area contributed by atoms with Crippen molar-refractivity contribution in [3.63, 3.8) is 0 Å². The standard InChI is InChI=1S/C20H18FN3O2/c21-15-5-1-13(2-6-15)9-10-23-19(25)17-11-18(17)20(26)24-16-7-3-14(12-22)4-8-16/h1-8,17-18H,9-11H2,(H,23,25)(H,24,26). The van der Waals surface area contributed by atoms with E-state index in [-0.39, 0.29) is 29.5 Å². The molecule has 5 nitrogen and oxygen atoms in total. The third kappa shape index (κ3) is 4.45. The average molecular weight is 351 g/mol. The molecule has 0 aromatic heterocycles. The van der Waals surface area contributed by atoms with Crippen LogP contribution in [0.2, 0.25) is 0 Å². The van der Waals surface area contributed by atoms with E-state index in [1.54, 1.807) is 36.4 Å². The number of benzene rings is 2. The van der Waals surface area contributed by atoms with Crippen molar-refractivity contribution in [2.24, 2.45) is 11.8 Å². The maximum absolute atomic E-state index is 12.8. The zero-order chi connectivity index (χ0) is 18.5. The van der Waals surface area contributed by atoms with Gasteiger partial charge in [-0.15, -0.1) is 0 Å². The summed E-state index contributed by atoms with van der Waals surface area (Å²) in [6.07, 6.45) is 1.14. The van der Waals surface area contributed by atoms with Crippen molar-refractivity contribution in [1.82, 2.24) is 5.32 Å². The predicted molar refractivity (Wildman–Crippen MR) is 94.5 cm³/mol. The smallest absolute Gasteiger partial charge is 0.228 e. The topological polar surface area (TPSA) is 82.0 Å². The van der Waals surface area contributed by atoms with Crippen LogP contribution in [0, 0.1) is 29.0 Å². The van der Waals surface area contributed by atoms with E-state index < -0.39 is 0 Å². The molecule has 26 heavy (non-hydrogen) atoms. The molecule has 6 heteroatoms. The van der Waals surface area contributed by atoms with Crippen LogP contribution in [0.25, 0.3) is 0 Å². The van der Waals surface area contributed by atoms with E-state index in [0.29, 0.717) is 30.6 Å². The molecule has 1 saturated carbocycles. The van der Waals surface area contributed by atoms with Gasteiger partial charge in [-0.2, -0.15) is 5.26 Å². The summed E-state index contributed by atoms with van der Waals surface area (Å²) in [4.78, 5) is 24.3. The molecule has 1 aliphatic rings. The summed E-state index contributed by atoms with van der Waals surface area (Å²) in [6.45, 7) is 0.449. The van der Waals surface area contributed by atoms with Crippen LogP contribution in [-0.4, -0.2) is 18.4 Å². The van der Waals surface area contributed by atoms with Crippen molar-refractivity contribution in [3.05, 3.63) is 65.5 Å². The van der Waals surface area contributed by atoms with Gasteiger partial charge in [0, 0.05) is 12.2 Å². The fourth-order valence-corrected chi connectivity index (χ4v) is 2.75. The van der Waals surface area contributed by atoms with Crippen LogP contribution in [0.5, 0.6) is 0 Å². The highest BCUT2D eigenvalue weighted by Crippen LogP contribution is 2.39. The zero-order valence-electron chi connectivity index (χ0n) is 14.0. The first kappa shape index (κ1) is 17.6. The number of anilines is 1. The van der Waals surface area contributed by atoms with Crippen LogP contribution in [0.3, 0.4) is 0 Å². The SMILES string of the molecule is N#Cc1ccc(NC(=O)C2CC2C(=O)NCCc2ccc(F)cc2)cc1. The molecular weight excluding hydrogens is 333 g/mol. The van der Waals surface area contributed by atoms with E-state index in [2.05, 4.69) is 10.6 Å². The molecule has 1 fully saturated rings. The molecule has 0 spiro atoms. The van der Waals surface area contributed by atoms with Crippen molar-refractivity contribution in [3.8, 4) is 6.07 Å². The normalized spacial score (nSPS) is 17.8. The zero-order valence-corrected chi connectivity index (χ0v) is 14.0. The molecule has 3 rings (SSSR count). The van der Waals surface area contributed by atoms with Crippen LogP contribution in [0.1, 0.15) is 17.5 Å². The Morgan fingerprint density at radius 1 is 1.04 bits per heavy atom. The fraction of sp³-hybridized carbons (Fsp3) is 0.250. The molecule has 0 heterocycles. The fourth-order valence-electron chi connectivity index (χ4n) is 2.75. The molecular formula is C20H18FN3O2. The van der Waals surface area contributed by atoms with Gasteiger partial charge < -0.3 is 10.6 Å². The van der Waals surface area contributed by atoms with Gasteiger partial charge in [-0.3, -0.25) is 9.59 Å². The first-order chi connectivity index (χ1) is 12.6. The highest BCUT2D eigenvalue weighted by atomic mass is 19.1. The van der Waals surface area contributed by atoms with Gasteiger partial charge in [0.25, 0.3) is 0 Å². The third-order valence-corrected chi connectivity index (χ3v) is 4.37. The van der Waals surface area contributed by atoms with Crippen LogP contribution in [0.4, 0.5) is 10.1 Å². The second-order valence-corrected chi connectivity index (χ2v) is 6.29. The van der Waals surface area contributed by atoms with Crippen LogP contribution in [0.15, 0.2) is 48.5 Å². The summed E-state index contributed by atoms with van der Waals surface area (Å²) in [6, 6.07) is 14.8. The Labute approximate surface area is 150 Å². The van der Waals surface area contributed by atoms with Gasteiger partial charge in [0.15, 0.2) is 0 Å². The van der Waals surface area contributed by atoms with Crippen LogP contribution < -0.4 is 10.6 Å². The van der Waals surface area contributed by atoms with Crippen LogP contribution in [-0.2, 0) is 16.0 Å². The Morgan fingerprint density at radius 3 is 2.35 bits per heavy atom. The number of nitriles is 1. The lowest BCUT2D eigenvalue weighted by Crippen LogP contribution is -2.29. The summed E-state index contributed by atoms with van der Waals surface area (Å²) < 4.78 is 12.8. The minimum Gasteiger partial charge on any atom is -0.356 e. The van der Waals surface area contributed by atoms with E-state index >= 15 is 0 Å². The van der Waals surface area contributed by atoms with E-state index in [4.69, 9.17) is 5.26 Å². The van der Waals surface area contributed by atoms with Gasteiger partial charge in [0.05, 0.1) is 23.5 Å². The van der Waals surface area contributed by atoms with E-state index in [0.717, 1.165) is 5.56 Å². The molecule has 2 amide bonds. The van der Waals surface area contributed by atoms with Crippen molar-refractivity contribution in [1.29, 1.82) is 5.26 Å². The number of hydrogen-bond donors (Lipinski definition) is 2. The maximum atomic E-state index is 12.8. The Bertz CT molecular complexity index is 841. The summed E-state index contributed by atoms with van der Waals surface area (Å²) in [5, 5.41) is 14.3. The molecule has 2 atom stereocenters. The lowest BCUT2D eigenvalue weighted by molar-refractivity contribution is -0.125. The van der Waals surface area contributed by atoms with Crippen LogP contribution >= 0.6 is 0 Å². The predicted octanol–water partition coefficient (Wildman–Crippen LogP) is 2.63. The monoisotopic (exact) mass is 351 g/mol. The Kier molecular flexibility index (Phi) is 5.28. The number of hydrogen-bond acceptors (Lipinski definition) is 3. The molecule has 0 saturated heterocycles. The molecule has 2 unspecified atom stereocenters. The van der Waals surface area contributed by atoms with E-state index in [1.165, 1.54) is 12.1 Å². The van der Waals surface area contributed by atoms with E-state index in [1.807, 2.05) is 6.07 Å². The van der Waals surface area contributed by atoms with Crippen molar-refractivity contribution < 1.29 is 14.0 Å². The Balaban J connectivity index is 1.42. The molecule has 2 aromatic rings. The number of carbonyl (C=O) groups excluding carboxylic acids is 2. The lowest BCUT2D eigenvalue weighted by Gasteiger charge is -2.06. The number of halogens is 1. The Hall–Kier alpha value is -3.20. The number of carbonyl (C=O) groups is 2. The summed E-state index contributed by atoms with van der Waals surface area (Å²) in [5.74, 6) is -1.23. The van der Waals surface area contributed by atoms with Crippen molar-refractivity contribution >= 4 is 17.5 Å². The largest absolute Gasteiger partial charge is 0.356 e. The van der Waals surface area contributed by atoms with Gasteiger partial charge in [-0.25, -0.2) is 4.39 Å². The highest BCUT2D eigenvalue weighted by molar-refractivity contribution is 5.99. The second-order valence-electron chi connectivity index (χ2n) is 6.29. The number of nitrogens with one attached hydrogen (secondary N) is 2. The molecule has 2 N–H and O–H groups in total. The first-order valence-corrected chi connectivity index (χ1v) is 8.40. The van der Waals surface area contributed by atoms with E-state index in [9.17, 15) is 14.0 Å². The summed E-state index contributed by atoms with van der Waals surface area (Å²) in [5.41, 5.74) is 2.07. The molecule has 1 aliphatic carbocycles. The minimum absolute atomic E-state index is 0.132. The molecule has 0 radical (unpaired) electrons. The van der Waals surface area contributed by atoms with Gasteiger partial charge in [-0.1, -0.05) is 12.1 Å². The summed E-state index contributed by atoms with van der Waals surface area (Å²) >= 11 is 0. The van der Waals surface area contributed by atoms with Gasteiger partial charge >= 0.3 is 0 Å². The summed E-state index contributed by atoms with van der Waals surface area (Å²) in [7, 11) is 0. The van der Waals surface area contributed by atoms with Gasteiger partial charge in [0.1, 0.15) is 5.82 Å². The Morgan fingerprint density at radius 2 is 1.69 bits per heavy atom. The van der Waals surface area contributed by atoms with Gasteiger partial charge in [0.2, 0.25) is 11.8 Å². The number of rotatable bonds is 6. The highest BCUT2D eigenvalue weighted by Gasteiger charge is 2.47. The van der Waals surface area contributed by atoms with Crippen molar-refractivity contribution in [2.45, 2.75) is 12.8 Å². The minimum atomic E-state index is -0.323. The molecule has 132 valence electrons. The maximum Gasteiger partial charge on any atom is 0.228 e. The quantitative estimate of drug-likeness (QED) is 0.839. The third-order valence-electron chi connectivity index (χ3n) is 4.37. The average Bonchev–Trinajstić information content (AvgIpc) is 3.45. The van der Waals surface area contributed by atoms with Gasteiger partial charge in [-0.05, 0) is 54.8 Å². The molecule has 0 bridgehead atoms. The number of nitrogens with zero attached hydrogens (tertiary/aromatic N) is 1. The number of amides is 2. The molecule has 0 aliphatic heterocycles. The first-order valence-electron chi connectivity index (χ1n) is 8.40. The molecule has 2 aromatic carbocycles. The van der Waals surface area contributed by atoms with Crippen molar-refractivity contribution in [2.75, 3.05) is 11.9 Å². The second kappa shape index (κ2) is 7.79.